The van der Waals surface area contributed by atoms with E-state index in [1.807, 2.05) is 11.9 Å². The summed E-state index contributed by atoms with van der Waals surface area (Å²) >= 11 is 0. The standard InChI is InChI=1S/C29H59NO/c1-4-5-6-7-8-9-10-11-12-13-14-15-16-17-18-19-20-21-22-23-24-25-26-27-28-30(3)29(2)31/h4-28H2,1-3H3. The Morgan fingerprint density at radius 1 is 0.452 bits per heavy atom. The summed E-state index contributed by atoms with van der Waals surface area (Å²) in [7, 11) is 1.90. The van der Waals surface area contributed by atoms with Gasteiger partial charge in [-0.25, -0.2) is 0 Å². The zero-order chi connectivity index (χ0) is 22.8. The van der Waals surface area contributed by atoms with E-state index in [1.54, 1.807) is 6.92 Å². The Morgan fingerprint density at radius 2 is 0.677 bits per heavy atom. The molecule has 0 aromatic rings. The Morgan fingerprint density at radius 3 is 0.903 bits per heavy atom. The van der Waals surface area contributed by atoms with Crippen LogP contribution in [-0.2, 0) is 4.79 Å². The maximum Gasteiger partial charge on any atom is 0.219 e. The number of nitrogens with zero attached hydrogens (tertiary/aromatic N) is 1. The number of carbonyl (C=O) groups is 1. The highest BCUT2D eigenvalue weighted by molar-refractivity contribution is 5.72. The van der Waals surface area contributed by atoms with Crippen molar-refractivity contribution in [3.8, 4) is 0 Å². The van der Waals surface area contributed by atoms with Gasteiger partial charge in [0.15, 0.2) is 0 Å². The van der Waals surface area contributed by atoms with Crippen LogP contribution in [0.15, 0.2) is 0 Å². The Labute approximate surface area is 197 Å². The van der Waals surface area contributed by atoms with Crippen LogP contribution in [0.5, 0.6) is 0 Å². The molecule has 0 rings (SSSR count). The predicted octanol–water partition coefficient (Wildman–Crippen LogP) is 9.85. The Hall–Kier alpha value is -0.530. The van der Waals surface area contributed by atoms with Crippen molar-refractivity contribution in [2.24, 2.45) is 0 Å². The molecule has 0 aliphatic heterocycles. The zero-order valence-corrected chi connectivity index (χ0v) is 22.0. The molecular weight excluding hydrogens is 378 g/mol. The summed E-state index contributed by atoms with van der Waals surface area (Å²) in [5.41, 5.74) is 0. The molecule has 0 unspecified atom stereocenters. The van der Waals surface area contributed by atoms with Crippen molar-refractivity contribution in [1.29, 1.82) is 0 Å². The number of hydrogen-bond donors (Lipinski definition) is 0. The van der Waals surface area contributed by atoms with Crippen molar-refractivity contribution in [1.82, 2.24) is 4.90 Å². The van der Waals surface area contributed by atoms with E-state index in [0.717, 1.165) is 13.0 Å². The molecule has 0 spiro atoms. The van der Waals surface area contributed by atoms with Gasteiger partial charge in [0.05, 0.1) is 0 Å². The fourth-order valence-electron chi connectivity index (χ4n) is 4.47. The van der Waals surface area contributed by atoms with Crippen LogP contribution in [0.3, 0.4) is 0 Å². The molecule has 0 aromatic carbocycles. The average molecular weight is 438 g/mol. The molecule has 0 aromatic heterocycles. The summed E-state index contributed by atoms with van der Waals surface area (Å²) in [6.07, 6.45) is 34.2. The van der Waals surface area contributed by atoms with Crippen LogP contribution < -0.4 is 0 Å². The molecule has 2 nitrogen and oxygen atoms in total. The van der Waals surface area contributed by atoms with E-state index in [9.17, 15) is 4.79 Å². The number of amides is 1. The lowest BCUT2D eigenvalue weighted by Crippen LogP contribution is -2.24. The van der Waals surface area contributed by atoms with Gasteiger partial charge in [0.1, 0.15) is 0 Å². The predicted molar refractivity (Wildman–Crippen MR) is 140 cm³/mol. The van der Waals surface area contributed by atoms with Gasteiger partial charge in [0.2, 0.25) is 5.91 Å². The highest BCUT2D eigenvalue weighted by Gasteiger charge is 2.00. The number of rotatable bonds is 25. The summed E-state index contributed by atoms with van der Waals surface area (Å²) in [4.78, 5) is 13.0. The molecule has 2 heteroatoms. The second kappa shape index (κ2) is 25.7. The van der Waals surface area contributed by atoms with E-state index in [1.165, 1.54) is 148 Å². The zero-order valence-electron chi connectivity index (χ0n) is 22.0. The second-order valence-electron chi connectivity index (χ2n) is 10.1. The van der Waals surface area contributed by atoms with Crippen molar-refractivity contribution >= 4 is 5.91 Å². The molecule has 0 bridgehead atoms. The molecular formula is C29H59NO. The van der Waals surface area contributed by atoms with Gasteiger partial charge in [-0.15, -0.1) is 0 Å². The number of hydrogen-bond acceptors (Lipinski definition) is 1. The monoisotopic (exact) mass is 437 g/mol. The number of unbranched alkanes of at least 4 members (excludes halogenated alkanes) is 23. The topological polar surface area (TPSA) is 20.3 Å². The first-order valence-electron chi connectivity index (χ1n) is 14.4. The lowest BCUT2D eigenvalue weighted by atomic mass is 10.0. The van der Waals surface area contributed by atoms with Crippen LogP contribution in [0.2, 0.25) is 0 Å². The Kier molecular flexibility index (Phi) is 25.3. The van der Waals surface area contributed by atoms with Gasteiger partial charge < -0.3 is 4.90 Å². The molecule has 0 radical (unpaired) electrons. The van der Waals surface area contributed by atoms with Crippen molar-refractivity contribution in [3.63, 3.8) is 0 Å². The van der Waals surface area contributed by atoms with Crippen molar-refractivity contribution in [3.05, 3.63) is 0 Å². The van der Waals surface area contributed by atoms with Gasteiger partial charge >= 0.3 is 0 Å². The van der Waals surface area contributed by atoms with Crippen LogP contribution in [0.4, 0.5) is 0 Å². The molecule has 1 amide bonds. The van der Waals surface area contributed by atoms with E-state index in [-0.39, 0.29) is 5.91 Å². The fourth-order valence-corrected chi connectivity index (χ4v) is 4.47. The third-order valence-electron chi connectivity index (χ3n) is 6.88. The number of carbonyl (C=O) groups excluding carboxylic acids is 1. The van der Waals surface area contributed by atoms with E-state index >= 15 is 0 Å². The van der Waals surface area contributed by atoms with Crippen molar-refractivity contribution in [2.75, 3.05) is 13.6 Å². The van der Waals surface area contributed by atoms with Gasteiger partial charge in [0.25, 0.3) is 0 Å². The minimum Gasteiger partial charge on any atom is -0.346 e. The molecule has 0 aliphatic rings. The van der Waals surface area contributed by atoms with E-state index in [4.69, 9.17) is 0 Å². The average Bonchev–Trinajstić information content (AvgIpc) is 2.76. The van der Waals surface area contributed by atoms with Crippen LogP contribution in [0.25, 0.3) is 0 Å². The molecule has 0 saturated heterocycles. The smallest absolute Gasteiger partial charge is 0.219 e. The van der Waals surface area contributed by atoms with Crippen LogP contribution in [-0.4, -0.2) is 24.4 Å². The van der Waals surface area contributed by atoms with Crippen LogP contribution in [0, 0.1) is 0 Å². The molecule has 0 fully saturated rings. The molecule has 0 aliphatic carbocycles. The third-order valence-corrected chi connectivity index (χ3v) is 6.88. The normalized spacial score (nSPS) is 11.2. The molecule has 0 saturated carbocycles. The largest absolute Gasteiger partial charge is 0.346 e. The fraction of sp³-hybridized carbons (Fsp3) is 0.966. The van der Waals surface area contributed by atoms with Crippen molar-refractivity contribution in [2.45, 2.75) is 168 Å². The summed E-state index contributed by atoms with van der Waals surface area (Å²) in [5.74, 6) is 0.189. The first-order valence-corrected chi connectivity index (χ1v) is 14.4. The first kappa shape index (κ1) is 30.5. The minimum absolute atomic E-state index is 0.189. The summed E-state index contributed by atoms with van der Waals surface area (Å²) in [6.45, 7) is 4.88. The third kappa shape index (κ3) is 25.6. The lowest BCUT2D eigenvalue weighted by Gasteiger charge is -2.13. The maximum absolute atomic E-state index is 11.1. The van der Waals surface area contributed by atoms with Crippen LogP contribution >= 0.6 is 0 Å². The van der Waals surface area contributed by atoms with Gasteiger partial charge in [-0.1, -0.05) is 155 Å². The first-order chi connectivity index (χ1) is 15.2. The van der Waals surface area contributed by atoms with Gasteiger partial charge in [0, 0.05) is 20.5 Å². The van der Waals surface area contributed by atoms with Crippen LogP contribution in [0.1, 0.15) is 168 Å². The highest BCUT2D eigenvalue weighted by Crippen LogP contribution is 2.15. The minimum atomic E-state index is 0.189. The molecule has 0 heterocycles. The van der Waals surface area contributed by atoms with Gasteiger partial charge in [-0.05, 0) is 6.42 Å². The van der Waals surface area contributed by atoms with Crippen molar-refractivity contribution < 1.29 is 4.79 Å². The quantitative estimate of drug-likeness (QED) is 0.130. The molecule has 0 atom stereocenters. The SMILES string of the molecule is CCCCCCCCCCCCCCCCCCCCCCCCCCN(C)C(C)=O. The summed E-state index contributed by atoms with van der Waals surface area (Å²) in [5, 5.41) is 0. The van der Waals surface area contributed by atoms with E-state index in [0.29, 0.717) is 0 Å². The Balaban J connectivity index is 3.04. The molecule has 0 N–H and O–H groups in total. The van der Waals surface area contributed by atoms with Gasteiger partial charge in [-0.2, -0.15) is 0 Å². The summed E-state index contributed by atoms with van der Waals surface area (Å²) in [6, 6.07) is 0. The highest BCUT2D eigenvalue weighted by atomic mass is 16.2. The second-order valence-corrected chi connectivity index (χ2v) is 10.1. The van der Waals surface area contributed by atoms with E-state index in [2.05, 4.69) is 6.92 Å². The Bertz CT molecular complexity index is 355. The molecule has 31 heavy (non-hydrogen) atoms. The van der Waals surface area contributed by atoms with E-state index < -0.39 is 0 Å². The lowest BCUT2D eigenvalue weighted by molar-refractivity contribution is -0.127. The maximum atomic E-state index is 11.1. The van der Waals surface area contributed by atoms with Gasteiger partial charge in [-0.3, -0.25) is 4.79 Å². The molecule has 186 valence electrons. The summed E-state index contributed by atoms with van der Waals surface area (Å²) < 4.78 is 0.